The van der Waals surface area contributed by atoms with Gasteiger partial charge in [-0.25, -0.2) is 0 Å². The first-order valence-electron chi connectivity index (χ1n) is 10.0. The second kappa shape index (κ2) is 6.74. The Bertz CT molecular complexity index is 969. The number of rotatable bonds is 3. The summed E-state index contributed by atoms with van der Waals surface area (Å²) in [6.07, 6.45) is 7.03. The highest BCUT2D eigenvalue weighted by Crippen LogP contribution is 2.50. The first kappa shape index (κ1) is 16.4. The molecule has 0 unspecified atom stereocenters. The molecule has 0 saturated carbocycles. The van der Waals surface area contributed by atoms with Gasteiger partial charge >= 0.3 is 0 Å². The smallest absolute Gasteiger partial charge is 0.0553 e. The zero-order valence-corrected chi connectivity index (χ0v) is 15.7. The van der Waals surface area contributed by atoms with Crippen LogP contribution in [0.2, 0.25) is 0 Å². The van der Waals surface area contributed by atoms with E-state index in [-0.39, 0.29) is 0 Å². The molecule has 3 atom stereocenters. The second-order valence-electron chi connectivity index (χ2n) is 7.74. The van der Waals surface area contributed by atoms with Gasteiger partial charge in [-0.05, 0) is 58.7 Å². The monoisotopic (exact) mass is 351 g/mol. The van der Waals surface area contributed by atoms with E-state index in [1.54, 1.807) is 0 Å². The van der Waals surface area contributed by atoms with Crippen LogP contribution in [-0.4, -0.2) is 0 Å². The van der Waals surface area contributed by atoms with Crippen molar-refractivity contribution >= 4 is 5.69 Å². The number of fused-ring (bicyclic) bond motifs is 3. The van der Waals surface area contributed by atoms with Gasteiger partial charge in [-0.3, -0.25) is 0 Å². The van der Waals surface area contributed by atoms with E-state index in [9.17, 15) is 0 Å². The third-order valence-electron chi connectivity index (χ3n) is 6.22. The number of benzene rings is 3. The van der Waals surface area contributed by atoms with Crippen LogP contribution in [0.15, 0.2) is 84.9 Å². The third-order valence-corrected chi connectivity index (χ3v) is 6.22. The molecule has 3 aromatic rings. The van der Waals surface area contributed by atoms with Gasteiger partial charge in [0.05, 0.1) is 6.04 Å². The molecule has 0 saturated heterocycles. The molecule has 1 N–H and O–H groups in total. The highest BCUT2D eigenvalue weighted by atomic mass is 15.0. The minimum atomic E-state index is 0.381. The summed E-state index contributed by atoms with van der Waals surface area (Å²) in [5, 5.41) is 3.86. The highest BCUT2D eigenvalue weighted by molar-refractivity contribution is 5.71. The summed E-state index contributed by atoms with van der Waals surface area (Å²) in [6.45, 7) is 2.21. The Morgan fingerprint density at radius 2 is 1.70 bits per heavy atom. The fourth-order valence-corrected chi connectivity index (χ4v) is 4.70. The minimum absolute atomic E-state index is 0.381. The molecule has 1 aliphatic carbocycles. The molecule has 0 amide bonds. The van der Waals surface area contributed by atoms with Crippen LogP contribution >= 0.6 is 0 Å². The molecule has 3 aromatic carbocycles. The number of allylic oxidation sites excluding steroid dienone is 2. The molecule has 0 fully saturated rings. The standard InChI is InChI=1S/C26H25N/c1-2-18-11-13-20(14-12-18)26-23-10-6-9-22(23)24-17-21(15-16-25(24)27-26)19-7-4-3-5-8-19/h3-9,11-17,22-23,26-27H,2,10H2,1H3/t22-,23+,26+/m1/s1. The Hall–Kier alpha value is -2.80. The van der Waals surface area contributed by atoms with E-state index in [1.165, 1.54) is 33.5 Å². The molecule has 0 radical (unpaired) electrons. The van der Waals surface area contributed by atoms with Crippen LogP contribution in [0.25, 0.3) is 11.1 Å². The normalized spacial score (nSPS) is 22.8. The number of anilines is 1. The van der Waals surface area contributed by atoms with Crippen LogP contribution in [0, 0.1) is 5.92 Å². The van der Waals surface area contributed by atoms with Crippen molar-refractivity contribution in [3.63, 3.8) is 0 Å². The maximum Gasteiger partial charge on any atom is 0.0553 e. The molecule has 0 bridgehead atoms. The second-order valence-corrected chi connectivity index (χ2v) is 7.74. The van der Waals surface area contributed by atoms with Gasteiger partial charge in [0.15, 0.2) is 0 Å². The molecule has 2 aliphatic rings. The Morgan fingerprint density at radius 3 is 2.48 bits per heavy atom. The van der Waals surface area contributed by atoms with Gasteiger partial charge in [0.2, 0.25) is 0 Å². The van der Waals surface area contributed by atoms with Crippen LogP contribution in [0.1, 0.15) is 42.0 Å². The summed E-state index contributed by atoms with van der Waals surface area (Å²) < 4.78 is 0. The fraction of sp³-hybridized carbons (Fsp3) is 0.231. The maximum atomic E-state index is 3.86. The quantitative estimate of drug-likeness (QED) is 0.515. The van der Waals surface area contributed by atoms with Gasteiger partial charge < -0.3 is 5.32 Å². The number of hydrogen-bond acceptors (Lipinski definition) is 1. The summed E-state index contributed by atoms with van der Waals surface area (Å²) >= 11 is 0. The lowest BCUT2D eigenvalue weighted by atomic mass is 9.76. The van der Waals surface area contributed by atoms with E-state index in [0.717, 1.165) is 12.8 Å². The average Bonchev–Trinajstić information content (AvgIpc) is 3.24. The first-order chi connectivity index (χ1) is 13.3. The van der Waals surface area contributed by atoms with Crippen molar-refractivity contribution < 1.29 is 0 Å². The van der Waals surface area contributed by atoms with Gasteiger partial charge in [0.25, 0.3) is 0 Å². The van der Waals surface area contributed by atoms with E-state index < -0.39 is 0 Å². The van der Waals surface area contributed by atoms with Gasteiger partial charge in [0.1, 0.15) is 0 Å². The Balaban J connectivity index is 1.53. The Labute approximate surface area is 161 Å². The summed E-state index contributed by atoms with van der Waals surface area (Å²) in [7, 11) is 0. The minimum Gasteiger partial charge on any atom is -0.378 e. The molecule has 1 heterocycles. The van der Waals surface area contributed by atoms with E-state index in [0.29, 0.717) is 17.9 Å². The van der Waals surface area contributed by atoms with Crippen molar-refractivity contribution in [3.05, 3.63) is 102 Å². The van der Waals surface area contributed by atoms with Crippen LogP contribution in [-0.2, 0) is 6.42 Å². The molecule has 27 heavy (non-hydrogen) atoms. The van der Waals surface area contributed by atoms with Crippen molar-refractivity contribution in [2.45, 2.75) is 31.7 Å². The van der Waals surface area contributed by atoms with E-state index in [1.807, 2.05) is 0 Å². The zero-order chi connectivity index (χ0) is 18.2. The highest BCUT2D eigenvalue weighted by Gasteiger charge is 2.37. The Kier molecular flexibility index (Phi) is 4.09. The average molecular weight is 351 g/mol. The van der Waals surface area contributed by atoms with Crippen molar-refractivity contribution in [1.82, 2.24) is 0 Å². The fourth-order valence-electron chi connectivity index (χ4n) is 4.70. The molecule has 1 heteroatoms. The van der Waals surface area contributed by atoms with Crippen molar-refractivity contribution in [2.75, 3.05) is 5.32 Å². The summed E-state index contributed by atoms with van der Waals surface area (Å²) in [4.78, 5) is 0. The van der Waals surface area contributed by atoms with Gasteiger partial charge in [-0.15, -0.1) is 0 Å². The number of nitrogens with one attached hydrogen (secondary N) is 1. The van der Waals surface area contributed by atoms with Crippen LogP contribution in [0.5, 0.6) is 0 Å². The topological polar surface area (TPSA) is 12.0 Å². The van der Waals surface area contributed by atoms with Crippen molar-refractivity contribution in [2.24, 2.45) is 5.92 Å². The molecule has 1 nitrogen and oxygen atoms in total. The van der Waals surface area contributed by atoms with Crippen molar-refractivity contribution in [3.8, 4) is 11.1 Å². The van der Waals surface area contributed by atoms with Crippen molar-refractivity contribution in [1.29, 1.82) is 0 Å². The SMILES string of the molecule is CCc1ccc([C@@H]2Nc3ccc(-c4ccccc4)cc3[C@@H]3C=CC[C@@H]32)cc1. The predicted octanol–water partition coefficient (Wildman–Crippen LogP) is 6.74. The zero-order valence-electron chi connectivity index (χ0n) is 15.7. The lowest BCUT2D eigenvalue weighted by Crippen LogP contribution is -2.29. The van der Waals surface area contributed by atoms with Gasteiger partial charge in [0, 0.05) is 11.6 Å². The third kappa shape index (κ3) is 2.88. The lowest BCUT2D eigenvalue weighted by molar-refractivity contribution is 0.425. The van der Waals surface area contributed by atoms with Crippen LogP contribution in [0.4, 0.5) is 5.69 Å². The van der Waals surface area contributed by atoms with E-state index in [4.69, 9.17) is 0 Å². The summed E-state index contributed by atoms with van der Waals surface area (Å²) in [5.74, 6) is 1.09. The number of aryl methyl sites for hydroxylation is 1. The lowest BCUT2D eigenvalue weighted by Gasteiger charge is -2.38. The summed E-state index contributed by atoms with van der Waals surface area (Å²) in [6, 6.07) is 27.2. The summed E-state index contributed by atoms with van der Waals surface area (Å²) in [5.41, 5.74) is 8.13. The molecular formula is C26H25N. The molecule has 134 valence electrons. The van der Waals surface area contributed by atoms with Gasteiger partial charge in [-0.1, -0.05) is 79.7 Å². The Morgan fingerprint density at radius 1 is 0.889 bits per heavy atom. The number of hydrogen-bond donors (Lipinski definition) is 1. The van der Waals surface area contributed by atoms with E-state index >= 15 is 0 Å². The van der Waals surface area contributed by atoms with E-state index in [2.05, 4.69) is 97.2 Å². The van der Waals surface area contributed by atoms with Crippen LogP contribution < -0.4 is 5.32 Å². The largest absolute Gasteiger partial charge is 0.378 e. The molecule has 0 aromatic heterocycles. The molecule has 0 spiro atoms. The molecule has 1 aliphatic heterocycles. The maximum absolute atomic E-state index is 3.86. The van der Waals surface area contributed by atoms with Gasteiger partial charge in [-0.2, -0.15) is 0 Å². The molecular weight excluding hydrogens is 326 g/mol. The van der Waals surface area contributed by atoms with Crippen LogP contribution in [0.3, 0.4) is 0 Å². The first-order valence-corrected chi connectivity index (χ1v) is 10.0. The predicted molar refractivity (Wildman–Crippen MR) is 114 cm³/mol. The molecule has 5 rings (SSSR count).